The zero-order valence-electron chi connectivity index (χ0n) is 11.3. The molecule has 0 amide bonds. The molecule has 1 heterocycles. The molecule has 2 aromatic rings. The quantitative estimate of drug-likeness (QED) is 0.630. The second-order valence-electron chi connectivity index (χ2n) is 4.63. The van der Waals surface area contributed by atoms with Crippen molar-refractivity contribution >= 4 is 0 Å². The lowest BCUT2D eigenvalue weighted by atomic mass is 10.0. The fourth-order valence-corrected chi connectivity index (χ4v) is 2.16. The van der Waals surface area contributed by atoms with Gasteiger partial charge in [-0.2, -0.15) is 0 Å². The van der Waals surface area contributed by atoms with Gasteiger partial charge in [0.1, 0.15) is 5.82 Å². The molecule has 0 aliphatic carbocycles. The number of benzene rings is 1. The zero-order valence-corrected chi connectivity index (χ0v) is 11.3. The Labute approximate surface area is 116 Å². The van der Waals surface area contributed by atoms with E-state index in [9.17, 15) is 8.78 Å². The van der Waals surface area contributed by atoms with Gasteiger partial charge in [-0.3, -0.25) is 11.3 Å². The maximum Gasteiger partial charge on any atom is 0.159 e. The monoisotopic (exact) mass is 280 g/mol. The van der Waals surface area contributed by atoms with Crippen LogP contribution in [0, 0.1) is 11.6 Å². The van der Waals surface area contributed by atoms with Crippen LogP contribution in [0.2, 0.25) is 0 Å². The molecule has 0 saturated carbocycles. The van der Waals surface area contributed by atoms with Crippen molar-refractivity contribution < 1.29 is 8.78 Å². The Morgan fingerprint density at radius 1 is 1.35 bits per heavy atom. The molecular weight excluding hydrogens is 262 g/mol. The molecule has 108 valence electrons. The summed E-state index contributed by atoms with van der Waals surface area (Å²) in [5.74, 6) is 4.65. The van der Waals surface area contributed by atoms with Crippen LogP contribution in [0.15, 0.2) is 30.6 Å². The van der Waals surface area contributed by atoms with Crippen molar-refractivity contribution in [2.24, 2.45) is 5.84 Å². The van der Waals surface area contributed by atoms with Gasteiger partial charge in [0, 0.05) is 25.4 Å². The minimum absolute atomic E-state index is 0.317. The smallest absolute Gasteiger partial charge is 0.159 e. The van der Waals surface area contributed by atoms with Crippen LogP contribution in [0.1, 0.15) is 30.8 Å². The minimum Gasteiger partial charge on any atom is -0.335 e. The average Bonchev–Trinajstić information content (AvgIpc) is 2.87. The summed E-state index contributed by atoms with van der Waals surface area (Å²) in [6, 6.07) is 3.47. The highest BCUT2D eigenvalue weighted by atomic mass is 19.2. The number of nitrogens with two attached hydrogens (primary N) is 1. The van der Waals surface area contributed by atoms with Crippen molar-refractivity contribution in [3.8, 4) is 0 Å². The topological polar surface area (TPSA) is 55.9 Å². The highest BCUT2D eigenvalue weighted by Gasteiger charge is 2.15. The molecule has 0 saturated heterocycles. The molecule has 1 aromatic heterocycles. The van der Waals surface area contributed by atoms with Crippen molar-refractivity contribution in [1.29, 1.82) is 0 Å². The van der Waals surface area contributed by atoms with E-state index in [1.54, 1.807) is 6.20 Å². The Kier molecular flexibility index (Phi) is 4.81. The molecule has 2 rings (SSSR count). The first kappa shape index (κ1) is 14.6. The normalized spacial score (nSPS) is 12.6. The number of aromatic nitrogens is 2. The fraction of sp³-hybridized carbons (Fsp3) is 0.357. The molecule has 0 aliphatic rings. The maximum absolute atomic E-state index is 13.3. The van der Waals surface area contributed by atoms with Crippen molar-refractivity contribution in [2.45, 2.75) is 32.4 Å². The van der Waals surface area contributed by atoms with E-state index in [4.69, 9.17) is 5.84 Å². The van der Waals surface area contributed by atoms with E-state index < -0.39 is 11.6 Å². The molecule has 4 nitrogen and oxygen atoms in total. The van der Waals surface area contributed by atoms with Crippen molar-refractivity contribution in [1.82, 2.24) is 15.0 Å². The maximum atomic E-state index is 13.3. The van der Waals surface area contributed by atoms with Crippen LogP contribution in [0.25, 0.3) is 0 Å². The number of nitrogens with zero attached hydrogens (tertiary/aromatic N) is 2. The van der Waals surface area contributed by atoms with E-state index in [2.05, 4.69) is 17.3 Å². The summed E-state index contributed by atoms with van der Waals surface area (Å²) in [6.45, 7) is 2.95. The van der Waals surface area contributed by atoms with Crippen molar-refractivity contribution in [3.63, 3.8) is 0 Å². The van der Waals surface area contributed by atoms with Gasteiger partial charge in [0.2, 0.25) is 0 Å². The second-order valence-corrected chi connectivity index (χ2v) is 4.63. The minimum atomic E-state index is -0.875. The standard InChI is InChI=1S/C14H18F2N4/c1-2-6-20-7-5-18-14(20)9-13(19-17)10-3-4-11(15)12(16)8-10/h3-5,7-8,13,19H,2,6,9,17H2,1H3. The molecule has 0 radical (unpaired) electrons. The van der Waals surface area contributed by atoms with E-state index >= 15 is 0 Å². The third-order valence-corrected chi connectivity index (χ3v) is 3.20. The molecule has 0 spiro atoms. The van der Waals surface area contributed by atoms with Crippen LogP contribution in [0.3, 0.4) is 0 Å². The third-order valence-electron chi connectivity index (χ3n) is 3.20. The first-order valence-electron chi connectivity index (χ1n) is 6.56. The Balaban J connectivity index is 2.19. The van der Waals surface area contributed by atoms with Gasteiger partial charge in [0.25, 0.3) is 0 Å². The largest absolute Gasteiger partial charge is 0.335 e. The summed E-state index contributed by atoms with van der Waals surface area (Å²) in [5, 5.41) is 0. The first-order chi connectivity index (χ1) is 9.65. The van der Waals surface area contributed by atoms with Gasteiger partial charge >= 0.3 is 0 Å². The highest BCUT2D eigenvalue weighted by molar-refractivity contribution is 5.22. The predicted octanol–water partition coefficient (Wildman–Crippen LogP) is 2.32. The summed E-state index contributed by atoms with van der Waals surface area (Å²) >= 11 is 0. The van der Waals surface area contributed by atoms with E-state index in [0.717, 1.165) is 30.9 Å². The number of hydrogen-bond acceptors (Lipinski definition) is 3. The lowest BCUT2D eigenvalue weighted by Gasteiger charge is -2.17. The average molecular weight is 280 g/mol. The summed E-state index contributed by atoms with van der Waals surface area (Å²) in [6.07, 6.45) is 5.13. The fourth-order valence-electron chi connectivity index (χ4n) is 2.16. The predicted molar refractivity (Wildman–Crippen MR) is 72.6 cm³/mol. The summed E-state index contributed by atoms with van der Waals surface area (Å²) in [4.78, 5) is 4.29. The third kappa shape index (κ3) is 3.20. The number of nitrogens with one attached hydrogen (secondary N) is 1. The Morgan fingerprint density at radius 2 is 2.15 bits per heavy atom. The number of aryl methyl sites for hydroxylation is 1. The molecule has 0 bridgehead atoms. The van der Waals surface area contributed by atoms with Crippen LogP contribution >= 0.6 is 0 Å². The molecule has 1 unspecified atom stereocenters. The summed E-state index contributed by atoms with van der Waals surface area (Å²) in [7, 11) is 0. The van der Waals surface area contributed by atoms with Crippen LogP contribution in [0.5, 0.6) is 0 Å². The van der Waals surface area contributed by atoms with Gasteiger partial charge in [-0.05, 0) is 24.1 Å². The van der Waals surface area contributed by atoms with Gasteiger partial charge in [-0.1, -0.05) is 13.0 Å². The van der Waals surface area contributed by atoms with Crippen LogP contribution in [-0.2, 0) is 13.0 Å². The molecule has 3 N–H and O–H groups in total. The zero-order chi connectivity index (χ0) is 14.5. The van der Waals surface area contributed by atoms with E-state index in [0.29, 0.717) is 12.0 Å². The lowest BCUT2D eigenvalue weighted by molar-refractivity contribution is 0.490. The second kappa shape index (κ2) is 6.58. The number of halogens is 2. The molecular formula is C14H18F2N4. The Morgan fingerprint density at radius 3 is 2.80 bits per heavy atom. The summed E-state index contributed by atoms with van der Waals surface area (Å²) < 4.78 is 28.3. The van der Waals surface area contributed by atoms with Crippen molar-refractivity contribution in [2.75, 3.05) is 0 Å². The van der Waals surface area contributed by atoms with Crippen LogP contribution in [0.4, 0.5) is 8.78 Å². The molecule has 0 fully saturated rings. The van der Waals surface area contributed by atoms with Gasteiger partial charge < -0.3 is 4.57 Å². The summed E-state index contributed by atoms with van der Waals surface area (Å²) in [5.41, 5.74) is 3.23. The first-order valence-corrected chi connectivity index (χ1v) is 6.56. The highest BCUT2D eigenvalue weighted by Crippen LogP contribution is 2.19. The van der Waals surface area contributed by atoms with E-state index in [1.165, 1.54) is 6.07 Å². The number of imidazole rings is 1. The Hall–Kier alpha value is -1.79. The van der Waals surface area contributed by atoms with Gasteiger partial charge in [0.05, 0.1) is 6.04 Å². The molecule has 6 heteroatoms. The number of hydrazine groups is 1. The van der Waals surface area contributed by atoms with E-state index in [1.807, 2.05) is 10.8 Å². The Bertz CT molecular complexity index is 568. The van der Waals surface area contributed by atoms with E-state index in [-0.39, 0.29) is 6.04 Å². The molecule has 0 aliphatic heterocycles. The number of hydrogen-bond donors (Lipinski definition) is 2. The van der Waals surface area contributed by atoms with Crippen LogP contribution in [-0.4, -0.2) is 9.55 Å². The SMILES string of the molecule is CCCn1ccnc1CC(NN)c1ccc(F)c(F)c1. The van der Waals surface area contributed by atoms with Crippen LogP contribution < -0.4 is 11.3 Å². The molecule has 1 atom stereocenters. The molecule has 20 heavy (non-hydrogen) atoms. The molecule has 1 aromatic carbocycles. The van der Waals surface area contributed by atoms with Gasteiger partial charge in [-0.15, -0.1) is 0 Å². The van der Waals surface area contributed by atoms with Crippen molar-refractivity contribution in [3.05, 3.63) is 53.6 Å². The lowest BCUT2D eigenvalue weighted by Crippen LogP contribution is -2.30. The van der Waals surface area contributed by atoms with Gasteiger partial charge in [0.15, 0.2) is 11.6 Å². The number of rotatable bonds is 6. The van der Waals surface area contributed by atoms with Gasteiger partial charge in [-0.25, -0.2) is 13.8 Å².